The van der Waals surface area contributed by atoms with Gasteiger partial charge in [-0.25, -0.2) is 0 Å². The van der Waals surface area contributed by atoms with E-state index in [1.807, 2.05) is 13.8 Å². The maximum absolute atomic E-state index is 13.1. The average Bonchev–Trinajstić information content (AvgIpc) is 2.59. The number of alkyl halides is 3. The van der Waals surface area contributed by atoms with Crippen molar-refractivity contribution < 1.29 is 27.5 Å². The van der Waals surface area contributed by atoms with Gasteiger partial charge in [-0.3, -0.25) is 9.59 Å². The van der Waals surface area contributed by atoms with Gasteiger partial charge in [0.05, 0.1) is 17.4 Å². The molecular weight excluding hydrogens is 373 g/mol. The standard InChI is InChI=1S/C20H21F3N2O3/c1-13(2)28-16-10-8-15(9-11-16)25(14(3)26)12-19(27)24-18-7-5-4-6-17(18)20(21,22)23/h4-11,13H,12H2,1-3H3,(H,24,27). The number of amides is 2. The molecule has 150 valence electrons. The van der Waals surface area contributed by atoms with Gasteiger partial charge in [0.15, 0.2) is 0 Å². The van der Waals surface area contributed by atoms with Gasteiger partial charge in [-0.2, -0.15) is 13.2 Å². The number of anilines is 2. The normalized spacial score (nSPS) is 11.2. The molecule has 2 amide bonds. The van der Waals surface area contributed by atoms with Crippen LogP contribution in [-0.4, -0.2) is 24.5 Å². The number of nitrogens with zero attached hydrogens (tertiary/aromatic N) is 1. The molecule has 0 saturated heterocycles. The van der Waals surface area contributed by atoms with Gasteiger partial charge in [0.25, 0.3) is 0 Å². The predicted molar refractivity (Wildman–Crippen MR) is 100 cm³/mol. The molecule has 0 fully saturated rings. The largest absolute Gasteiger partial charge is 0.491 e. The van der Waals surface area contributed by atoms with E-state index in [4.69, 9.17) is 4.74 Å². The van der Waals surface area contributed by atoms with Crippen LogP contribution in [0, 0.1) is 0 Å². The third-order valence-corrected chi connectivity index (χ3v) is 3.71. The van der Waals surface area contributed by atoms with Gasteiger partial charge in [0, 0.05) is 12.6 Å². The summed E-state index contributed by atoms with van der Waals surface area (Å²) in [5, 5.41) is 2.23. The van der Waals surface area contributed by atoms with Gasteiger partial charge in [-0.05, 0) is 50.2 Å². The Morgan fingerprint density at radius 3 is 2.21 bits per heavy atom. The number of benzene rings is 2. The molecule has 5 nitrogen and oxygen atoms in total. The number of carbonyl (C=O) groups excluding carboxylic acids is 2. The number of halogens is 3. The molecule has 2 rings (SSSR count). The Morgan fingerprint density at radius 1 is 1.07 bits per heavy atom. The zero-order chi connectivity index (χ0) is 20.9. The van der Waals surface area contributed by atoms with Crippen LogP contribution < -0.4 is 15.0 Å². The molecule has 0 aromatic heterocycles. The first kappa shape index (κ1) is 21.3. The molecule has 1 N–H and O–H groups in total. The van der Waals surface area contributed by atoms with Crippen LogP contribution >= 0.6 is 0 Å². The maximum Gasteiger partial charge on any atom is 0.418 e. The summed E-state index contributed by atoms with van der Waals surface area (Å²) in [6.45, 7) is 4.60. The number of hydrogen-bond acceptors (Lipinski definition) is 3. The molecule has 2 aromatic rings. The topological polar surface area (TPSA) is 58.6 Å². The lowest BCUT2D eigenvalue weighted by Crippen LogP contribution is -2.37. The molecule has 2 aromatic carbocycles. The Bertz CT molecular complexity index is 833. The van der Waals surface area contributed by atoms with E-state index in [2.05, 4.69) is 5.32 Å². The van der Waals surface area contributed by atoms with Crippen LogP contribution in [0.3, 0.4) is 0 Å². The van der Waals surface area contributed by atoms with Crippen molar-refractivity contribution in [3.8, 4) is 5.75 Å². The van der Waals surface area contributed by atoms with Crippen molar-refractivity contribution >= 4 is 23.2 Å². The van der Waals surface area contributed by atoms with E-state index in [0.717, 1.165) is 12.1 Å². The van der Waals surface area contributed by atoms with E-state index in [1.54, 1.807) is 24.3 Å². The van der Waals surface area contributed by atoms with Gasteiger partial charge < -0.3 is 15.0 Å². The first-order valence-corrected chi connectivity index (χ1v) is 8.59. The van der Waals surface area contributed by atoms with Crippen molar-refractivity contribution in [2.45, 2.75) is 33.1 Å². The number of para-hydroxylation sites is 1. The van der Waals surface area contributed by atoms with Crippen LogP contribution in [-0.2, 0) is 15.8 Å². The fourth-order valence-corrected chi connectivity index (χ4v) is 2.53. The van der Waals surface area contributed by atoms with Crippen LogP contribution in [0.2, 0.25) is 0 Å². The van der Waals surface area contributed by atoms with E-state index in [1.165, 1.54) is 24.0 Å². The number of rotatable bonds is 6. The summed E-state index contributed by atoms with van der Waals surface area (Å²) in [5.41, 5.74) is -0.875. The summed E-state index contributed by atoms with van der Waals surface area (Å²) in [6.07, 6.45) is -4.62. The van der Waals surface area contributed by atoms with Crippen molar-refractivity contribution in [2.75, 3.05) is 16.8 Å². The highest BCUT2D eigenvalue weighted by molar-refractivity contribution is 6.02. The van der Waals surface area contributed by atoms with Gasteiger partial charge in [0.2, 0.25) is 11.8 Å². The van der Waals surface area contributed by atoms with Gasteiger partial charge in [-0.15, -0.1) is 0 Å². The zero-order valence-corrected chi connectivity index (χ0v) is 15.7. The minimum atomic E-state index is -4.60. The summed E-state index contributed by atoms with van der Waals surface area (Å²) in [5.74, 6) is -0.558. The summed E-state index contributed by atoms with van der Waals surface area (Å²) in [6, 6.07) is 11.2. The van der Waals surface area contributed by atoms with Crippen molar-refractivity contribution in [1.29, 1.82) is 0 Å². The summed E-state index contributed by atoms with van der Waals surface area (Å²) < 4.78 is 44.7. The number of nitrogens with one attached hydrogen (secondary N) is 1. The van der Waals surface area contributed by atoms with Crippen LogP contribution in [0.15, 0.2) is 48.5 Å². The van der Waals surface area contributed by atoms with Gasteiger partial charge in [0.1, 0.15) is 12.3 Å². The van der Waals surface area contributed by atoms with Crippen molar-refractivity contribution in [3.63, 3.8) is 0 Å². The Morgan fingerprint density at radius 2 is 1.68 bits per heavy atom. The molecular formula is C20H21F3N2O3. The highest BCUT2D eigenvalue weighted by Crippen LogP contribution is 2.34. The number of hydrogen-bond donors (Lipinski definition) is 1. The highest BCUT2D eigenvalue weighted by Gasteiger charge is 2.33. The molecule has 0 aliphatic rings. The summed E-state index contributed by atoms with van der Waals surface area (Å²) in [7, 11) is 0. The summed E-state index contributed by atoms with van der Waals surface area (Å²) >= 11 is 0. The van der Waals surface area contributed by atoms with Crippen LogP contribution in [0.1, 0.15) is 26.3 Å². The Balaban J connectivity index is 2.15. The van der Waals surface area contributed by atoms with Crippen molar-refractivity contribution in [3.05, 3.63) is 54.1 Å². The number of carbonyl (C=O) groups is 2. The minimum Gasteiger partial charge on any atom is -0.491 e. The Hall–Kier alpha value is -3.03. The Labute approximate surface area is 161 Å². The molecule has 0 aliphatic heterocycles. The first-order chi connectivity index (χ1) is 13.1. The van der Waals surface area contributed by atoms with Gasteiger partial charge >= 0.3 is 6.18 Å². The van der Waals surface area contributed by atoms with Crippen LogP contribution in [0.5, 0.6) is 5.75 Å². The fourth-order valence-electron chi connectivity index (χ4n) is 2.53. The Kier molecular flexibility index (Phi) is 6.66. The van der Waals surface area contributed by atoms with E-state index in [9.17, 15) is 22.8 Å². The molecule has 0 unspecified atom stereocenters. The average molecular weight is 394 g/mol. The monoisotopic (exact) mass is 394 g/mol. The number of ether oxygens (including phenoxy) is 1. The zero-order valence-electron chi connectivity index (χ0n) is 15.7. The van der Waals surface area contributed by atoms with Crippen molar-refractivity contribution in [1.82, 2.24) is 0 Å². The molecule has 0 atom stereocenters. The van der Waals surface area contributed by atoms with Crippen LogP contribution in [0.25, 0.3) is 0 Å². The lowest BCUT2D eigenvalue weighted by atomic mass is 10.1. The second-order valence-corrected chi connectivity index (χ2v) is 6.36. The highest BCUT2D eigenvalue weighted by atomic mass is 19.4. The van der Waals surface area contributed by atoms with Gasteiger partial charge in [-0.1, -0.05) is 12.1 Å². The fraction of sp³-hybridized carbons (Fsp3) is 0.300. The second-order valence-electron chi connectivity index (χ2n) is 6.36. The molecule has 28 heavy (non-hydrogen) atoms. The second kappa shape index (κ2) is 8.77. The lowest BCUT2D eigenvalue weighted by molar-refractivity contribution is -0.137. The maximum atomic E-state index is 13.1. The van der Waals surface area contributed by atoms with E-state index in [0.29, 0.717) is 11.4 Å². The molecule has 0 aliphatic carbocycles. The van der Waals surface area contributed by atoms with Crippen LogP contribution in [0.4, 0.5) is 24.5 Å². The molecule has 0 bridgehead atoms. The first-order valence-electron chi connectivity index (χ1n) is 8.59. The van der Waals surface area contributed by atoms with E-state index in [-0.39, 0.29) is 11.8 Å². The molecule has 8 heteroatoms. The lowest BCUT2D eigenvalue weighted by Gasteiger charge is -2.22. The summed E-state index contributed by atoms with van der Waals surface area (Å²) in [4.78, 5) is 25.4. The smallest absolute Gasteiger partial charge is 0.418 e. The molecule has 0 radical (unpaired) electrons. The van der Waals surface area contributed by atoms with Crippen molar-refractivity contribution in [2.24, 2.45) is 0 Å². The van der Waals surface area contributed by atoms with E-state index < -0.39 is 30.1 Å². The SMILES string of the molecule is CC(=O)N(CC(=O)Nc1ccccc1C(F)(F)F)c1ccc(OC(C)C)cc1. The third-order valence-electron chi connectivity index (χ3n) is 3.71. The third kappa shape index (κ3) is 5.73. The molecule has 0 saturated carbocycles. The molecule has 0 heterocycles. The molecule has 0 spiro atoms. The minimum absolute atomic E-state index is 0.0192. The quantitative estimate of drug-likeness (QED) is 0.786. The predicted octanol–water partition coefficient (Wildman–Crippen LogP) is 4.48. The van der Waals surface area contributed by atoms with E-state index >= 15 is 0 Å².